The molecule has 29 heavy (non-hydrogen) atoms. The van der Waals surface area contributed by atoms with Gasteiger partial charge in [0.25, 0.3) is 5.91 Å². The van der Waals surface area contributed by atoms with Crippen LogP contribution in [0.1, 0.15) is 21.7 Å². The second kappa shape index (κ2) is 8.39. The maximum absolute atomic E-state index is 12.2. The fraction of sp³-hybridized carbons (Fsp3) is 0.100. The van der Waals surface area contributed by atoms with E-state index in [4.69, 9.17) is 26.0 Å². The van der Waals surface area contributed by atoms with Crippen molar-refractivity contribution in [1.29, 1.82) is 5.26 Å². The lowest BCUT2D eigenvalue weighted by Gasteiger charge is -2.10. The predicted octanol–water partition coefficient (Wildman–Crippen LogP) is 4.04. The van der Waals surface area contributed by atoms with Crippen LogP contribution >= 0.6 is 11.6 Å². The molecule has 0 saturated heterocycles. The van der Waals surface area contributed by atoms with E-state index in [1.54, 1.807) is 30.3 Å². The fourth-order valence-corrected chi connectivity index (χ4v) is 3.21. The quantitative estimate of drug-likeness (QED) is 0.632. The van der Waals surface area contributed by atoms with E-state index in [-0.39, 0.29) is 22.5 Å². The highest BCUT2D eigenvalue weighted by molar-refractivity contribution is 7.90. The van der Waals surface area contributed by atoms with E-state index >= 15 is 0 Å². The molecule has 0 spiro atoms. The van der Waals surface area contributed by atoms with Gasteiger partial charge in [0.1, 0.15) is 12.4 Å². The highest BCUT2D eigenvalue weighted by Crippen LogP contribution is 2.29. The third kappa shape index (κ3) is 5.16. The van der Waals surface area contributed by atoms with Gasteiger partial charge >= 0.3 is 0 Å². The molecule has 3 aromatic rings. The maximum Gasteiger partial charge on any atom is 0.291 e. The molecule has 1 aromatic heterocycles. The number of anilines is 1. The summed E-state index contributed by atoms with van der Waals surface area (Å²) in [4.78, 5) is 12.2. The van der Waals surface area contributed by atoms with Crippen LogP contribution in [0.15, 0.2) is 64.1 Å². The van der Waals surface area contributed by atoms with Crippen molar-refractivity contribution in [3.63, 3.8) is 0 Å². The van der Waals surface area contributed by atoms with E-state index in [0.29, 0.717) is 17.0 Å². The van der Waals surface area contributed by atoms with Crippen molar-refractivity contribution in [3.8, 4) is 11.8 Å². The number of nitriles is 1. The van der Waals surface area contributed by atoms with Crippen LogP contribution in [0.5, 0.6) is 5.75 Å². The third-order valence-electron chi connectivity index (χ3n) is 3.81. The number of hydrogen-bond acceptors (Lipinski definition) is 6. The number of benzene rings is 2. The SMILES string of the molecule is CS(=O)(=O)c1ccc(C(=O)Nc2ccc(OCc3cccc(C#N)c3)c(Cl)c2)o1. The van der Waals surface area contributed by atoms with Gasteiger partial charge in [0.2, 0.25) is 14.9 Å². The lowest BCUT2D eigenvalue weighted by atomic mass is 10.1. The van der Waals surface area contributed by atoms with Gasteiger partial charge in [0.05, 0.1) is 16.7 Å². The van der Waals surface area contributed by atoms with Crippen molar-refractivity contribution in [1.82, 2.24) is 0 Å². The molecular weight excluding hydrogens is 416 g/mol. The molecule has 0 fully saturated rings. The monoisotopic (exact) mass is 430 g/mol. The first kappa shape index (κ1) is 20.5. The minimum atomic E-state index is -3.54. The minimum absolute atomic E-state index is 0.140. The molecule has 0 aliphatic heterocycles. The van der Waals surface area contributed by atoms with Crippen LogP contribution in [0, 0.1) is 11.3 Å². The van der Waals surface area contributed by atoms with Crippen molar-refractivity contribution >= 4 is 33.0 Å². The number of halogens is 1. The minimum Gasteiger partial charge on any atom is -0.487 e. The standard InChI is InChI=1S/C20H15ClN2O5S/c1-29(25,26)19-8-7-18(28-19)20(24)23-15-5-6-17(16(21)10-15)27-12-14-4-2-3-13(9-14)11-22/h2-10H,12H2,1H3,(H,23,24). The topological polar surface area (TPSA) is 109 Å². The lowest BCUT2D eigenvalue weighted by molar-refractivity contribution is 0.0991. The molecule has 0 radical (unpaired) electrons. The van der Waals surface area contributed by atoms with E-state index in [0.717, 1.165) is 11.8 Å². The molecule has 3 rings (SSSR count). The Morgan fingerprint density at radius 1 is 1.21 bits per heavy atom. The number of nitrogens with zero attached hydrogens (tertiary/aromatic N) is 1. The number of amides is 1. The molecule has 2 aromatic carbocycles. The average Bonchev–Trinajstić information content (AvgIpc) is 3.18. The van der Waals surface area contributed by atoms with Gasteiger partial charge in [0.15, 0.2) is 5.76 Å². The van der Waals surface area contributed by atoms with Crippen molar-refractivity contribution < 1.29 is 22.4 Å². The summed E-state index contributed by atoms with van der Waals surface area (Å²) in [6, 6.07) is 16.3. The normalized spacial score (nSPS) is 10.9. The third-order valence-corrected chi connectivity index (χ3v) is 5.06. The molecule has 9 heteroatoms. The van der Waals surface area contributed by atoms with Crippen LogP contribution in [-0.4, -0.2) is 20.6 Å². The van der Waals surface area contributed by atoms with Gasteiger partial charge < -0.3 is 14.5 Å². The maximum atomic E-state index is 12.2. The Hall–Kier alpha value is -3.28. The largest absolute Gasteiger partial charge is 0.487 e. The summed E-state index contributed by atoms with van der Waals surface area (Å²) in [5, 5.41) is 11.5. The second-order valence-electron chi connectivity index (χ2n) is 6.09. The first-order valence-corrected chi connectivity index (χ1v) is 10.6. The van der Waals surface area contributed by atoms with E-state index in [1.807, 2.05) is 6.07 Å². The Labute approximate surface area is 172 Å². The van der Waals surface area contributed by atoms with E-state index in [1.165, 1.54) is 18.2 Å². The number of nitrogens with one attached hydrogen (secondary N) is 1. The van der Waals surface area contributed by atoms with Crippen LogP contribution in [0.3, 0.4) is 0 Å². The predicted molar refractivity (Wildman–Crippen MR) is 107 cm³/mol. The molecular formula is C20H15ClN2O5S. The van der Waals surface area contributed by atoms with Gasteiger partial charge in [-0.05, 0) is 48.0 Å². The van der Waals surface area contributed by atoms with E-state index in [2.05, 4.69) is 11.4 Å². The number of carbonyl (C=O) groups is 1. The molecule has 0 saturated carbocycles. The van der Waals surface area contributed by atoms with Crippen LogP contribution in [0.25, 0.3) is 0 Å². The van der Waals surface area contributed by atoms with E-state index < -0.39 is 15.7 Å². The van der Waals surface area contributed by atoms with Gasteiger partial charge in [-0.1, -0.05) is 23.7 Å². The molecule has 1 amide bonds. The first-order chi connectivity index (χ1) is 13.8. The van der Waals surface area contributed by atoms with Gasteiger partial charge in [-0.15, -0.1) is 0 Å². The molecule has 0 atom stereocenters. The summed E-state index contributed by atoms with van der Waals surface area (Å²) in [6.45, 7) is 0.224. The lowest BCUT2D eigenvalue weighted by Crippen LogP contribution is -2.11. The zero-order valence-corrected chi connectivity index (χ0v) is 16.8. The van der Waals surface area contributed by atoms with Crippen LogP contribution < -0.4 is 10.1 Å². The number of carbonyl (C=O) groups excluding carboxylic acids is 1. The number of ether oxygens (including phenoxy) is 1. The second-order valence-corrected chi connectivity index (χ2v) is 8.44. The molecule has 7 nitrogen and oxygen atoms in total. The zero-order chi connectivity index (χ0) is 21.0. The fourth-order valence-electron chi connectivity index (χ4n) is 2.42. The van der Waals surface area contributed by atoms with Crippen molar-refractivity contribution in [2.75, 3.05) is 11.6 Å². The average molecular weight is 431 g/mol. The van der Waals surface area contributed by atoms with Crippen LogP contribution in [0.2, 0.25) is 5.02 Å². The Morgan fingerprint density at radius 2 is 2.00 bits per heavy atom. The summed E-state index contributed by atoms with van der Waals surface area (Å²) >= 11 is 6.22. The Kier molecular flexibility index (Phi) is 5.92. The molecule has 1 heterocycles. The van der Waals surface area contributed by atoms with Crippen LogP contribution in [-0.2, 0) is 16.4 Å². The Balaban J connectivity index is 1.66. The molecule has 0 aliphatic carbocycles. The van der Waals surface area contributed by atoms with Crippen molar-refractivity contribution in [3.05, 3.63) is 76.5 Å². The highest BCUT2D eigenvalue weighted by atomic mass is 35.5. The molecule has 0 bridgehead atoms. The summed E-state index contributed by atoms with van der Waals surface area (Å²) in [5.41, 5.74) is 1.74. The smallest absolute Gasteiger partial charge is 0.291 e. The molecule has 0 aliphatic rings. The van der Waals surface area contributed by atoms with Crippen LogP contribution in [0.4, 0.5) is 5.69 Å². The van der Waals surface area contributed by atoms with Gasteiger partial charge in [-0.25, -0.2) is 8.42 Å². The molecule has 0 unspecified atom stereocenters. The Morgan fingerprint density at radius 3 is 2.66 bits per heavy atom. The number of sulfone groups is 1. The first-order valence-electron chi connectivity index (χ1n) is 8.29. The van der Waals surface area contributed by atoms with Crippen molar-refractivity contribution in [2.45, 2.75) is 11.7 Å². The molecule has 1 N–H and O–H groups in total. The van der Waals surface area contributed by atoms with Crippen molar-refractivity contribution in [2.24, 2.45) is 0 Å². The number of rotatable bonds is 6. The van der Waals surface area contributed by atoms with Gasteiger partial charge in [-0.2, -0.15) is 5.26 Å². The van der Waals surface area contributed by atoms with Gasteiger partial charge in [0, 0.05) is 11.9 Å². The summed E-state index contributed by atoms with van der Waals surface area (Å²) < 4.78 is 33.6. The Bertz CT molecular complexity index is 1210. The summed E-state index contributed by atoms with van der Waals surface area (Å²) in [5.74, 6) is -0.346. The highest BCUT2D eigenvalue weighted by Gasteiger charge is 2.17. The van der Waals surface area contributed by atoms with Gasteiger partial charge in [-0.3, -0.25) is 4.79 Å². The molecule has 148 valence electrons. The van der Waals surface area contributed by atoms with E-state index in [9.17, 15) is 13.2 Å². The number of hydrogen-bond donors (Lipinski definition) is 1. The summed E-state index contributed by atoms with van der Waals surface area (Å²) in [6.07, 6.45) is 0.989. The number of furan rings is 1. The zero-order valence-electron chi connectivity index (χ0n) is 15.2. The summed E-state index contributed by atoms with van der Waals surface area (Å²) in [7, 11) is -3.54.